The zero-order valence-electron chi connectivity index (χ0n) is 25.8. The lowest BCUT2D eigenvalue weighted by Crippen LogP contribution is -2.57. The highest BCUT2D eigenvalue weighted by Gasteiger charge is 2.44. The molecule has 2 aliphatic carbocycles. The Morgan fingerprint density at radius 1 is 0.886 bits per heavy atom. The lowest BCUT2D eigenvalue weighted by Gasteiger charge is -2.50. The topological polar surface area (TPSA) is 72.0 Å². The van der Waals surface area contributed by atoms with E-state index in [0.717, 1.165) is 92.0 Å². The smallest absolute Gasteiger partial charge is 0.240 e. The fraction of sp³-hybridized carbons (Fsp3) is 0.600. The van der Waals surface area contributed by atoms with Gasteiger partial charge in [-0.2, -0.15) is 0 Å². The van der Waals surface area contributed by atoms with E-state index in [0.29, 0.717) is 18.5 Å². The molecular formula is C35H48Cl2N6O. The Morgan fingerprint density at radius 2 is 1.52 bits per heavy atom. The number of halogens is 2. The van der Waals surface area contributed by atoms with E-state index < -0.39 is 0 Å². The lowest BCUT2D eigenvalue weighted by molar-refractivity contribution is -0.137. The number of carbonyl (C=O) groups excluding carboxylic acids is 1. The molecule has 2 heterocycles. The van der Waals surface area contributed by atoms with Crippen molar-refractivity contribution in [3.05, 3.63) is 64.1 Å². The van der Waals surface area contributed by atoms with Gasteiger partial charge in [0.05, 0.1) is 12.4 Å². The van der Waals surface area contributed by atoms with Crippen LogP contribution in [0.2, 0.25) is 10.0 Å². The maximum absolute atomic E-state index is 14.3. The second-order valence-electron chi connectivity index (χ2n) is 13.6. The summed E-state index contributed by atoms with van der Waals surface area (Å²) in [4.78, 5) is 20.8. The predicted octanol–water partition coefficient (Wildman–Crippen LogP) is 6.91. The molecule has 1 saturated heterocycles. The van der Waals surface area contributed by atoms with Crippen LogP contribution in [-0.4, -0.2) is 66.6 Å². The number of hydrogen-bond donors (Lipinski definition) is 3. The van der Waals surface area contributed by atoms with Gasteiger partial charge in [0.1, 0.15) is 6.67 Å². The Bertz CT molecular complexity index is 1220. The molecule has 1 amide bonds. The molecular weight excluding hydrogens is 591 g/mol. The number of anilines is 1. The van der Waals surface area contributed by atoms with Gasteiger partial charge in [0, 0.05) is 47.5 Å². The van der Waals surface area contributed by atoms with Gasteiger partial charge >= 0.3 is 0 Å². The predicted molar refractivity (Wildman–Crippen MR) is 181 cm³/mol. The van der Waals surface area contributed by atoms with E-state index in [4.69, 9.17) is 23.2 Å². The number of likely N-dealkylation sites (tertiary alicyclic amines) is 1. The van der Waals surface area contributed by atoms with Crippen LogP contribution >= 0.6 is 23.2 Å². The number of nitrogens with zero attached hydrogens (tertiary/aromatic N) is 3. The molecule has 2 aromatic carbocycles. The third-order valence-corrected chi connectivity index (χ3v) is 11.2. The summed E-state index contributed by atoms with van der Waals surface area (Å²) in [6.45, 7) is 3.41. The number of benzene rings is 2. The second-order valence-corrected chi connectivity index (χ2v) is 14.4. The molecule has 6 rings (SSSR count). The van der Waals surface area contributed by atoms with Crippen LogP contribution in [0.15, 0.2) is 53.5 Å². The highest BCUT2D eigenvalue weighted by atomic mass is 35.5. The largest absolute Gasteiger partial charge is 0.382 e. The van der Waals surface area contributed by atoms with E-state index >= 15 is 0 Å². The van der Waals surface area contributed by atoms with Crippen molar-refractivity contribution in [2.24, 2.45) is 16.3 Å². The molecule has 0 spiro atoms. The summed E-state index contributed by atoms with van der Waals surface area (Å²) in [5, 5.41) is 11.3. The number of piperidine rings is 1. The fourth-order valence-electron chi connectivity index (χ4n) is 8.13. The minimum absolute atomic E-state index is 0.238. The molecule has 3 fully saturated rings. The molecule has 238 valence electrons. The van der Waals surface area contributed by atoms with Crippen LogP contribution in [-0.2, 0) is 11.2 Å². The molecule has 0 bridgehead atoms. The average molecular weight is 640 g/mol. The number of rotatable bonds is 10. The normalized spacial score (nSPS) is 25.0. The van der Waals surface area contributed by atoms with Crippen molar-refractivity contribution in [3.8, 4) is 0 Å². The Balaban J connectivity index is 1.09. The van der Waals surface area contributed by atoms with Crippen molar-refractivity contribution >= 4 is 41.1 Å². The Kier molecular flexibility index (Phi) is 10.7. The Morgan fingerprint density at radius 3 is 2.16 bits per heavy atom. The molecule has 44 heavy (non-hydrogen) atoms. The standard InChI is InChI=1S/C35H48Cl2N6O/c36-28-8-6-26(7-9-28)22-33(41-32-16-14-31(15-17-32)40-30-12-10-29(37)11-13-30)34(44)42-20-18-35(19-21-42,23-43-25-38-24-39-43)27-4-2-1-3-5-27/h6-13,24,27,31-33,40-41H,1-5,14-23,25H2,(H,38,39)/t31?,32?,33-/m1/s1. The lowest BCUT2D eigenvalue weighted by atomic mass is 9.63. The zero-order valence-corrected chi connectivity index (χ0v) is 27.3. The summed E-state index contributed by atoms with van der Waals surface area (Å²) in [5.74, 6) is 0.983. The van der Waals surface area contributed by atoms with Gasteiger partial charge in [-0.25, -0.2) is 5.01 Å². The number of carbonyl (C=O) groups is 1. The highest BCUT2D eigenvalue weighted by molar-refractivity contribution is 6.30. The molecule has 9 heteroatoms. The number of aliphatic imine (C=N–C) groups is 1. The van der Waals surface area contributed by atoms with Gasteiger partial charge in [-0.3, -0.25) is 9.79 Å². The van der Waals surface area contributed by atoms with Gasteiger partial charge in [0.25, 0.3) is 0 Å². The molecule has 3 N–H and O–H groups in total. The fourth-order valence-corrected chi connectivity index (χ4v) is 8.38. The average Bonchev–Trinajstić information content (AvgIpc) is 3.57. The van der Waals surface area contributed by atoms with E-state index in [1.54, 1.807) is 0 Å². The van der Waals surface area contributed by atoms with Gasteiger partial charge in [-0.05, 0) is 111 Å². The molecule has 2 saturated carbocycles. The van der Waals surface area contributed by atoms with Crippen LogP contribution in [0.4, 0.5) is 5.69 Å². The molecule has 2 aliphatic heterocycles. The summed E-state index contributed by atoms with van der Waals surface area (Å²) in [6, 6.07) is 16.5. The summed E-state index contributed by atoms with van der Waals surface area (Å²) < 4.78 is 0. The van der Waals surface area contributed by atoms with E-state index in [1.165, 1.54) is 32.1 Å². The van der Waals surface area contributed by atoms with Crippen LogP contribution in [0.25, 0.3) is 0 Å². The zero-order chi connectivity index (χ0) is 30.4. The Hall–Kier alpha value is -2.32. The third kappa shape index (κ3) is 8.09. The first kappa shape index (κ1) is 31.7. The van der Waals surface area contributed by atoms with Gasteiger partial charge in [0.2, 0.25) is 5.91 Å². The van der Waals surface area contributed by atoms with E-state index in [-0.39, 0.29) is 17.4 Å². The van der Waals surface area contributed by atoms with Crippen LogP contribution < -0.4 is 16.1 Å². The molecule has 2 aromatic rings. The summed E-state index contributed by atoms with van der Waals surface area (Å²) >= 11 is 12.3. The number of amides is 1. The van der Waals surface area contributed by atoms with E-state index in [2.05, 4.69) is 43.1 Å². The van der Waals surface area contributed by atoms with Crippen molar-refractivity contribution in [2.75, 3.05) is 31.6 Å². The highest BCUT2D eigenvalue weighted by Crippen LogP contribution is 2.46. The monoisotopic (exact) mass is 638 g/mol. The van der Waals surface area contributed by atoms with Gasteiger partial charge in [-0.15, -0.1) is 0 Å². The minimum Gasteiger partial charge on any atom is -0.382 e. The van der Waals surface area contributed by atoms with Crippen molar-refractivity contribution in [1.82, 2.24) is 20.7 Å². The van der Waals surface area contributed by atoms with E-state index in [1.807, 2.05) is 42.7 Å². The van der Waals surface area contributed by atoms with Crippen molar-refractivity contribution in [2.45, 2.75) is 95.2 Å². The second kappa shape index (κ2) is 14.8. The number of hydrazine groups is 1. The number of hydrogen-bond acceptors (Lipinski definition) is 6. The molecule has 0 aromatic heterocycles. The summed E-state index contributed by atoms with van der Waals surface area (Å²) in [6.07, 6.45) is 15.5. The first-order chi connectivity index (χ1) is 21.5. The maximum Gasteiger partial charge on any atom is 0.240 e. The summed E-state index contributed by atoms with van der Waals surface area (Å²) in [7, 11) is 0. The molecule has 4 aliphatic rings. The molecule has 0 unspecified atom stereocenters. The first-order valence-electron chi connectivity index (χ1n) is 16.8. The van der Waals surface area contributed by atoms with Crippen molar-refractivity contribution in [3.63, 3.8) is 0 Å². The third-order valence-electron chi connectivity index (χ3n) is 10.7. The quantitative estimate of drug-likeness (QED) is 0.264. The maximum atomic E-state index is 14.3. The Labute approximate surface area is 273 Å². The minimum atomic E-state index is -0.238. The molecule has 1 atom stereocenters. The van der Waals surface area contributed by atoms with Crippen LogP contribution in [0.3, 0.4) is 0 Å². The van der Waals surface area contributed by atoms with Gasteiger partial charge in [0.15, 0.2) is 0 Å². The van der Waals surface area contributed by atoms with Crippen molar-refractivity contribution in [1.29, 1.82) is 0 Å². The number of nitrogens with one attached hydrogen (secondary N) is 3. The van der Waals surface area contributed by atoms with Crippen LogP contribution in [0.5, 0.6) is 0 Å². The first-order valence-corrected chi connectivity index (χ1v) is 17.5. The van der Waals surface area contributed by atoms with Gasteiger partial charge < -0.3 is 21.0 Å². The molecule has 0 radical (unpaired) electrons. The van der Waals surface area contributed by atoms with Gasteiger partial charge in [-0.1, -0.05) is 54.6 Å². The van der Waals surface area contributed by atoms with E-state index in [9.17, 15) is 4.79 Å². The summed E-state index contributed by atoms with van der Waals surface area (Å²) in [5.41, 5.74) is 5.85. The van der Waals surface area contributed by atoms with Crippen LogP contribution in [0, 0.1) is 11.3 Å². The molecule has 7 nitrogen and oxygen atoms in total. The SMILES string of the molecule is O=C([C@@H](Cc1ccc(Cl)cc1)NC1CCC(Nc2ccc(Cl)cc2)CC1)N1CCC(CN2CN=CN2)(C2CCCCC2)CC1. The van der Waals surface area contributed by atoms with Crippen molar-refractivity contribution < 1.29 is 4.79 Å². The van der Waals surface area contributed by atoms with Crippen LogP contribution in [0.1, 0.15) is 76.2 Å².